The molecule has 1 unspecified atom stereocenters. The Labute approximate surface area is 92.3 Å². The molecule has 1 atom stereocenters. The van der Waals surface area contributed by atoms with E-state index in [1.807, 2.05) is 6.20 Å². The Morgan fingerprint density at radius 1 is 1.47 bits per heavy atom. The quantitative estimate of drug-likeness (QED) is 0.800. The molecular weight excluding hydrogens is 186 g/mol. The lowest BCUT2D eigenvalue weighted by atomic mass is 10.1. The van der Waals surface area contributed by atoms with E-state index >= 15 is 0 Å². The molecular formula is C12H21N3. The summed E-state index contributed by atoms with van der Waals surface area (Å²) in [7, 11) is 0. The first-order valence-electron chi connectivity index (χ1n) is 5.55. The lowest BCUT2D eigenvalue weighted by Gasteiger charge is -2.24. The van der Waals surface area contributed by atoms with Crippen LogP contribution < -0.4 is 10.6 Å². The standard InChI is InChI=1S/C12H21N3/c1-4-15(9-11(3)7-13)12-6-5-10(2)8-14-12/h5-6,8,11H,4,7,9,13H2,1-3H3. The molecule has 3 heteroatoms. The first-order valence-corrected chi connectivity index (χ1v) is 5.55. The second-order valence-corrected chi connectivity index (χ2v) is 4.07. The summed E-state index contributed by atoms with van der Waals surface area (Å²) >= 11 is 0. The molecule has 0 saturated carbocycles. The van der Waals surface area contributed by atoms with Crippen molar-refractivity contribution in [2.75, 3.05) is 24.5 Å². The molecule has 0 aliphatic rings. The van der Waals surface area contributed by atoms with Gasteiger partial charge in [-0.15, -0.1) is 0 Å². The van der Waals surface area contributed by atoms with Gasteiger partial charge in [0.1, 0.15) is 5.82 Å². The van der Waals surface area contributed by atoms with Crippen LogP contribution in [0.1, 0.15) is 19.4 Å². The maximum Gasteiger partial charge on any atom is 0.128 e. The summed E-state index contributed by atoms with van der Waals surface area (Å²) in [5.41, 5.74) is 6.83. The number of pyridine rings is 1. The van der Waals surface area contributed by atoms with E-state index in [9.17, 15) is 0 Å². The minimum absolute atomic E-state index is 0.507. The fraction of sp³-hybridized carbons (Fsp3) is 0.583. The van der Waals surface area contributed by atoms with Crippen LogP contribution in [0, 0.1) is 12.8 Å². The molecule has 84 valence electrons. The van der Waals surface area contributed by atoms with Crippen molar-refractivity contribution in [2.24, 2.45) is 11.7 Å². The number of nitrogens with zero attached hydrogens (tertiary/aromatic N) is 2. The number of nitrogens with two attached hydrogens (primary N) is 1. The second-order valence-electron chi connectivity index (χ2n) is 4.07. The highest BCUT2D eigenvalue weighted by atomic mass is 15.2. The van der Waals surface area contributed by atoms with Crippen molar-refractivity contribution in [3.63, 3.8) is 0 Å². The molecule has 2 N–H and O–H groups in total. The highest BCUT2D eigenvalue weighted by molar-refractivity contribution is 5.38. The smallest absolute Gasteiger partial charge is 0.128 e. The maximum atomic E-state index is 5.63. The zero-order valence-electron chi connectivity index (χ0n) is 9.90. The van der Waals surface area contributed by atoms with Crippen molar-refractivity contribution in [1.29, 1.82) is 0 Å². The van der Waals surface area contributed by atoms with Crippen LogP contribution in [-0.2, 0) is 0 Å². The summed E-state index contributed by atoms with van der Waals surface area (Å²) in [6, 6.07) is 4.17. The molecule has 0 aliphatic heterocycles. The van der Waals surface area contributed by atoms with Crippen LogP contribution in [0.2, 0.25) is 0 Å². The molecule has 0 bridgehead atoms. The summed E-state index contributed by atoms with van der Waals surface area (Å²) in [4.78, 5) is 6.68. The number of hydrogen-bond acceptors (Lipinski definition) is 3. The normalized spacial score (nSPS) is 12.5. The molecule has 0 aromatic carbocycles. The topological polar surface area (TPSA) is 42.1 Å². The molecule has 15 heavy (non-hydrogen) atoms. The van der Waals surface area contributed by atoms with Gasteiger partial charge in [-0.2, -0.15) is 0 Å². The van der Waals surface area contributed by atoms with Crippen LogP contribution in [0.4, 0.5) is 5.82 Å². The van der Waals surface area contributed by atoms with Crippen LogP contribution in [0.25, 0.3) is 0 Å². The third-order valence-corrected chi connectivity index (χ3v) is 2.54. The van der Waals surface area contributed by atoms with E-state index in [-0.39, 0.29) is 0 Å². The van der Waals surface area contributed by atoms with Gasteiger partial charge in [-0.25, -0.2) is 4.98 Å². The highest BCUT2D eigenvalue weighted by Crippen LogP contribution is 2.12. The SMILES string of the molecule is CCN(CC(C)CN)c1ccc(C)cn1. The zero-order valence-corrected chi connectivity index (χ0v) is 9.90. The van der Waals surface area contributed by atoms with Gasteiger partial charge in [0.15, 0.2) is 0 Å². The molecule has 1 aromatic rings. The molecule has 1 rings (SSSR count). The second kappa shape index (κ2) is 5.71. The van der Waals surface area contributed by atoms with E-state index in [2.05, 4.69) is 42.8 Å². The van der Waals surface area contributed by atoms with Gasteiger partial charge < -0.3 is 10.6 Å². The summed E-state index contributed by atoms with van der Waals surface area (Å²) in [6.07, 6.45) is 1.91. The number of hydrogen-bond donors (Lipinski definition) is 1. The van der Waals surface area contributed by atoms with Gasteiger partial charge in [-0.05, 0) is 37.9 Å². The maximum absolute atomic E-state index is 5.63. The van der Waals surface area contributed by atoms with Gasteiger partial charge in [-0.3, -0.25) is 0 Å². The van der Waals surface area contributed by atoms with Crippen molar-refractivity contribution in [3.8, 4) is 0 Å². The van der Waals surface area contributed by atoms with Gasteiger partial charge in [0.05, 0.1) is 0 Å². The van der Waals surface area contributed by atoms with E-state index in [0.29, 0.717) is 5.92 Å². The Bertz CT molecular complexity index is 281. The molecule has 0 amide bonds. The number of anilines is 1. The molecule has 0 aliphatic carbocycles. The van der Waals surface area contributed by atoms with Crippen LogP contribution in [0.5, 0.6) is 0 Å². The summed E-state index contributed by atoms with van der Waals surface area (Å²) < 4.78 is 0. The monoisotopic (exact) mass is 207 g/mol. The minimum atomic E-state index is 0.507. The van der Waals surface area contributed by atoms with Gasteiger partial charge in [0.25, 0.3) is 0 Å². The molecule has 3 nitrogen and oxygen atoms in total. The third-order valence-electron chi connectivity index (χ3n) is 2.54. The number of aryl methyl sites for hydroxylation is 1. The lowest BCUT2D eigenvalue weighted by molar-refractivity contribution is 0.573. The van der Waals surface area contributed by atoms with Gasteiger partial charge in [-0.1, -0.05) is 13.0 Å². The summed E-state index contributed by atoms with van der Waals surface area (Å²) in [5, 5.41) is 0. The Balaban J connectivity index is 2.69. The fourth-order valence-corrected chi connectivity index (χ4v) is 1.48. The van der Waals surface area contributed by atoms with Crippen molar-refractivity contribution in [3.05, 3.63) is 23.9 Å². The van der Waals surface area contributed by atoms with Crippen molar-refractivity contribution < 1.29 is 0 Å². The van der Waals surface area contributed by atoms with Gasteiger partial charge >= 0.3 is 0 Å². The van der Waals surface area contributed by atoms with Crippen LogP contribution in [0.3, 0.4) is 0 Å². The number of rotatable bonds is 5. The molecule has 0 spiro atoms. The first kappa shape index (κ1) is 12.0. The molecule has 0 radical (unpaired) electrons. The fourth-order valence-electron chi connectivity index (χ4n) is 1.48. The van der Waals surface area contributed by atoms with Crippen molar-refractivity contribution in [2.45, 2.75) is 20.8 Å². The average molecular weight is 207 g/mol. The van der Waals surface area contributed by atoms with Crippen molar-refractivity contribution in [1.82, 2.24) is 4.98 Å². The van der Waals surface area contributed by atoms with E-state index in [1.165, 1.54) is 5.56 Å². The van der Waals surface area contributed by atoms with Crippen LogP contribution in [-0.4, -0.2) is 24.6 Å². The third kappa shape index (κ3) is 3.51. The Morgan fingerprint density at radius 3 is 2.67 bits per heavy atom. The van der Waals surface area contributed by atoms with Gasteiger partial charge in [0, 0.05) is 19.3 Å². The minimum Gasteiger partial charge on any atom is -0.357 e. The van der Waals surface area contributed by atoms with E-state index in [0.717, 1.165) is 25.5 Å². The lowest BCUT2D eigenvalue weighted by Crippen LogP contribution is -2.32. The Kier molecular flexibility index (Phi) is 4.56. The first-order chi connectivity index (χ1) is 7.17. The van der Waals surface area contributed by atoms with E-state index in [4.69, 9.17) is 5.73 Å². The summed E-state index contributed by atoms with van der Waals surface area (Å²) in [5.74, 6) is 1.55. The predicted octanol–water partition coefficient (Wildman–Crippen LogP) is 1.81. The Morgan fingerprint density at radius 2 is 2.20 bits per heavy atom. The highest BCUT2D eigenvalue weighted by Gasteiger charge is 2.08. The molecule has 0 saturated heterocycles. The average Bonchev–Trinajstić information content (AvgIpc) is 2.27. The molecule has 1 heterocycles. The van der Waals surface area contributed by atoms with Crippen LogP contribution in [0.15, 0.2) is 18.3 Å². The molecule has 1 aromatic heterocycles. The largest absolute Gasteiger partial charge is 0.357 e. The summed E-state index contributed by atoms with van der Waals surface area (Å²) in [6.45, 7) is 9.03. The Hall–Kier alpha value is -1.09. The van der Waals surface area contributed by atoms with E-state index in [1.54, 1.807) is 0 Å². The number of aromatic nitrogens is 1. The zero-order chi connectivity index (χ0) is 11.3. The van der Waals surface area contributed by atoms with Gasteiger partial charge in [0.2, 0.25) is 0 Å². The molecule has 0 fully saturated rings. The van der Waals surface area contributed by atoms with E-state index < -0.39 is 0 Å². The van der Waals surface area contributed by atoms with Crippen molar-refractivity contribution >= 4 is 5.82 Å². The van der Waals surface area contributed by atoms with Crippen LogP contribution >= 0.6 is 0 Å². The predicted molar refractivity (Wildman–Crippen MR) is 65.1 cm³/mol.